The van der Waals surface area contributed by atoms with Crippen LogP contribution in [-0.4, -0.2) is 17.8 Å². The van der Waals surface area contributed by atoms with Gasteiger partial charge in [-0.15, -0.1) is 11.3 Å². The van der Waals surface area contributed by atoms with Crippen LogP contribution >= 0.6 is 11.3 Å². The molecule has 0 fully saturated rings. The van der Waals surface area contributed by atoms with E-state index in [1.54, 1.807) is 11.3 Å². The second kappa shape index (κ2) is 8.53. The van der Waals surface area contributed by atoms with E-state index in [-0.39, 0.29) is 11.3 Å². The Balaban J connectivity index is 1.65. The summed E-state index contributed by atoms with van der Waals surface area (Å²) in [5.41, 5.74) is 8.86. The Hall–Kier alpha value is -2.15. The number of hydrogen-bond acceptors (Lipinski definition) is 5. The van der Waals surface area contributed by atoms with Crippen molar-refractivity contribution in [1.82, 2.24) is 10.9 Å². The zero-order chi connectivity index (χ0) is 22.2. The molecule has 0 saturated carbocycles. The van der Waals surface area contributed by atoms with Crippen LogP contribution in [0, 0.1) is 23.2 Å². The number of allylic oxidation sites excluding steroid dienone is 2. The van der Waals surface area contributed by atoms with Crippen LogP contribution in [0.1, 0.15) is 74.7 Å². The van der Waals surface area contributed by atoms with Crippen LogP contribution < -0.4 is 16.0 Å². The van der Waals surface area contributed by atoms with E-state index in [0.29, 0.717) is 24.3 Å². The van der Waals surface area contributed by atoms with Gasteiger partial charge in [0.25, 0.3) is 5.91 Å². The second-order valence-corrected chi connectivity index (χ2v) is 10.8. The quantitative estimate of drug-likeness (QED) is 0.568. The Labute approximate surface area is 182 Å². The van der Waals surface area contributed by atoms with E-state index in [2.05, 4.69) is 31.6 Å². The van der Waals surface area contributed by atoms with Crippen LogP contribution in [0.3, 0.4) is 0 Å². The topological polar surface area (TPSA) is 98.3 Å². The van der Waals surface area contributed by atoms with E-state index >= 15 is 0 Å². The van der Waals surface area contributed by atoms with Crippen molar-refractivity contribution in [3.63, 3.8) is 0 Å². The predicted molar refractivity (Wildman–Crippen MR) is 114 cm³/mol. The average Bonchev–Trinajstić information content (AvgIpc) is 3.10. The van der Waals surface area contributed by atoms with Crippen molar-refractivity contribution in [2.24, 2.45) is 23.2 Å². The third kappa shape index (κ3) is 4.61. The largest absolute Gasteiger partial charge is 0.550 e. The summed E-state index contributed by atoms with van der Waals surface area (Å²) >= 11 is 1.60. The lowest BCUT2D eigenvalue weighted by Gasteiger charge is -2.34. The minimum absolute atomic E-state index is 0.235. The van der Waals surface area contributed by atoms with Crippen LogP contribution in [0.2, 0.25) is 0 Å². The molecule has 0 spiro atoms. The molecule has 2 N–H and O–H groups in total. The molecule has 2 aliphatic rings. The molecule has 1 aromatic heterocycles. The molecule has 0 radical (unpaired) electrons. The standard InChI is InChI=1S/C23H32N2O4S/c1-12-8-16(17(22(28)29)9-13(12)2)20(26)24-25-21(27)18-11-30-19-10-14(23(3,4)5)6-7-15(18)19/h11,14,16-17H,6-10H2,1-5H3,(H,24,26)(H,25,27)(H,28,29)/p-1/t14-,16+,17+/m0/s1. The molecule has 6 nitrogen and oxygen atoms in total. The van der Waals surface area contributed by atoms with Crippen LogP contribution in [-0.2, 0) is 22.4 Å². The number of carboxylic acid groups (broad SMARTS) is 1. The van der Waals surface area contributed by atoms with Crippen LogP contribution in [0.15, 0.2) is 16.5 Å². The van der Waals surface area contributed by atoms with Gasteiger partial charge < -0.3 is 9.90 Å². The highest BCUT2D eigenvalue weighted by atomic mass is 32.1. The SMILES string of the molecule is CC1=C(C)C[C@@H](C(=O)NNC(=O)c2csc3c2CC[C@H](C(C)(C)C)C3)[C@H](C(=O)[O-])C1. The molecule has 0 bridgehead atoms. The molecule has 7 heteroatoms. The molecule has 0 aliphatic heterocycles. The molecule has 0 aromatic carbocycles. The molecule has 0 unspecified atom stereocenters. The van der Waals surface area contributed by atoms with E-state index in [9.17, 15) is 19.5 Å². The molecule has 164 valence electrons. The van der Waals surface area contributed by atoms with Gasteiger partial charge in [0.2, 0.25) is 5.91 Å². The molecule has 1 heterocycles. The summed E-state index contributed by atoms with van der Waals surface area (Å²) in [7, 11) is 0. The summed E-state index contributed by atoms with van der Waals surface area (Å²) < 4.78 is 0. The first-order valence-corrected chi connectivity index (χ1v) is 11.4. The Morgan fingerprint density at radius 2 is 1.67 bits per heavy atom. The maximum Gasteiger partial charge on any atom is 0.270 e. The van der Waals surface area contributed by atoms with E-state index < -0.39 is 23.7 Å². The lowest BCUT2D eigenvalue weighted by molar-refractivity contribution is -0.313. The smallest absolute Gasteiger partial charge is 0.270 e. The second-order valence-electron chi connectivity index (χ2n) is 9.80. The highest BCUT2D eigenvalue weighted by Gasteiger charge is 2.34. The maximum absolute atomic E-state index is 12.7. The Kier molecular flexibility index (Phi) is 6.41. The lowest BCUT2D eigenvalue weighted by atomic mass is 9.72. The summed E-state index contributed by atoms with van der Waals surface area (Å²) in [6.07, 6.45) is 3.53. The van der Waals surface area contributed by atoms with Gasteiger partial charge in [0.15, 0.2) is 0 Å². The summed E-state index contributed by atoms with van der Waals surface area (Å²) in [5, 5.41) is 13.4. The number of hydrogen-bond donors (Lipinski definition) is 2. The third-order valence-corrected chi connectivity index (χ3v) is 7.88. The first kappa shape index (κ1) is 22.5. The van der Waals surface area contributed by atoms with Gasteiger partial charge in [-0.25, -0.2) is 0 Å². The summed E-state index contributed by atoms with van der Waals surface area (Å²) in [6.45, 7) is 10.5. The van der Waals surface area contributed by atoms with Crippen LogP contribution in [0.25, 0.3) is 0 Å². The summed E-state index contributed by atoms with van der Waals surface area (Å²) in [5.74, 6) is -3.10. The van der Waals surface area contributed by atoms with Gasteiger partial charge in [-0.3, -0.25) is 20.4 Å². The van der Waals surface area contributed by atoms with Crippen LogP contribution in [0.5, 0.6) is 0 Å². The Bertz CT molecular complexity index is 894. The monoisotopic (exact) mass is 431 g/mol. The number of carboxylic acids is 1. The predicted octanol–water partition coefficient (Wildman–Crippen LogP) is 2.77. The van der Waals surface area contributed by atoms with Gasteiger partial charge in [0, 0.05) is 22.1 Å². The average molecular weight is 432 g/mol. The van der Waals surface area contributed by atoms with E-state index in [1.165, 1.54) is 4.88 Å². The van der Waals surface area contributed by atoms with Crippen LogP contribution in [0.4, 0.5) is 0 Å². The highest BCUT2D eigenvalue weighted by Crippen LogP contribution is 2.40. The molecule has 2 amide bonds. The van der Waals surface area contributed by atoms with Gasteiger partial charge in [0.1, 0.15) is 0 Å². The normalized spacial score (nSPS) is 24.2. The fourth-order valence-electron chi connectivity index (χ4n) is 4.54. The number of carbonyl (C=O) groups excluding carboxylic acids is 3. The molecule has 3 rings (SSSR count). The van der Waals surface area contributed by atoms with Crippen molar-refractivity contribution < 1.29 is 19.5 Å². The molecule has 3 atom stereocenters. The van der Waals surface area contributed by atoms with Crippen molar-refractivity contribution >= 4 is 29.1 Å². The molecule has 0 saturated heterocycles. The first-order chi connectivity index (χ1) is 14.0. The Morgan fingerprint density at radius 3 is 2.27 bits per heavy atom. The Morgan fingerprint density at radius 1 is 1.03 bits per heavy atom. The van der Waals surface area contributed by atoms with Gasteiger partial charge in [-0.1, -0.05) is 31.9 Å². The zero-order valence-electron chi connectivity index (χ0n) is 18.4. The summed E-state index contributed by atoms with van der Waals surface area (Å²) in [4.78, 5) is 38.1. The molecular weight excluding hydrogens is 400 g/mol. The van der Waals surface area contributed by atoms with Crippen molar-refractivity contribution in [2.45, 2.75) is 66.7 Å². The molecule has 30 heavy (non-hydrogen) atoms. The van der Waals surface area contributed by atoms with E-state index in [0.717, 1.165) is 36.0 Å². The number of rotatable bonds is 3. The number of nitrogens with one attached hydrogen (secondary N) is 2. The number of fused-ring (bicyclic) bond motifs is 1. The van der Waals surface area contributed by atoms with Gasteiger partial charge in [-0.05, 0) is 62.8 Å². The number of thiophene rings is 1. The highest BCUT2D eigenvalue weighted by molar-refractivity contribution is 7.10. The van der Waals surface area contributed by atoms with Crippen molar-refractivity contribution in [1.29, 1.82) is 0 Å². The molecule has 2 aliphatic carbocycles. The fourth-order valence-corrected chi connectivity index (χ4v) is 5.70. The number of hydrazine groups is 1. The number of carbonyl (C=O) groups is 3. The maximum atomic E-state index is 12.7. The van der Waals surface area contributed by atoms with Crippen molar-refractivity contribution in [3.8, 4) is 0 Å². The first-order valence-electron chi connectivity index (χ1n) is 10.5. The van der Waals surface area contributed by atoms with Gasteiger partial charge in [-0.2, -0.15) is 0 Å². The zero-order valence-corrected chi connectivity index (χ0v) is 19.2. The third-order valence-electron chi connectivity index (χ3n) is 6.83. The van der Waals surface area contributed by atoms with Crippen molar-refractivity contribution in [2.75, 3.05) is 0 Å². The number of amides is 2. The molecule has 1 aromatic rings. The molecular formula is C23H31N2O4S-. The van der Waals surface area contributed by atoms with E-state index in [4.69, 9.17) is 0 Å². The van der Waals surface area contributed by atoms with Gasteiger partial charge >= 0.3 is 0 Å². The lowest BCUT2D eigenvalue weighted by Crippen LogP contribution is -2.50. The minimum Gasteiger partial charge on any atom is -0.550 e. The van der Waals surface area contributed by atoms with E-state index in [1.807, 2.05) is 19.2 Å². The number of aliphatic carboxylic acids is 1. The van der Waals surface area contributed by atoms with Crippen molar-refractivity contribution in [3.05, 3.63) is 32.5 Å². The fraction of sp³-hybridized carbons (Fsp3) is 0.609. The summed E-state index contributed by atoms with van der Waals surface area (Å²) in [6, 6.07) is 0. The minimum atomic E-state index is -1.23. The van der Waals surface area contributed by atoms with Gasteiger partial charge in [0.05, 0.1) is 11.5 Å².